The lowest BCUT2D eigenvalue weighted by Gasteiger charge is -2.24. The first kappa shape index (κ1) is 16.2. The summed E-state index contributed by atoms with van der Waals surface area (Å²) >= 11 is 0. The van der Waals surface area contributed by atoms with Crippen molar-refractivity contribution in [3.05, 3.63) is 0 Å². The molecule has 114 valence electrons. The van der Waals surface area contributed by atoms with E-state index in [9.17, 15) is 14.4 Å². The lowest BCUT2D eigenvalue weighted by Crippen LogP contribution is -2.49. The number of carboxylic acid groups (broad SMARTS) is 1. The number of nitrogens with two attached hydrogens (primary N) is 1. The number of ether oxygens (including phenoxy) is 1. The van der Waals surface area contributed by atoms with E-state index in [1.165, 1.54) is 0 Å². The van der Waals surface area contributed by atoms with E-state index < -0.39 is 29.6 Å². The molecule has 1 aliphatic heterocycles. The van der Waals surface area contributed by atoms with Crippen molar-refractivity contribution in [1.82, 2.24) is 10.6 Å². The largest absolute Gasteiger partial charge is 0.480 e. The Hall–Kier alpha value is -1.83. The molecule has 20 heavy (non-hydrogen) atoms. The Morgan fingerprint density at radius 1 is 1.45 bits per heavy atom. The second-order valence-electron chi connectivity index (χ2n) is 5.12. The molecule has 1 rings (SSSR count). The van der Waals surface area contributed by atoms with Crippen LogP contribution in [0.15, 0.2) is 0 Å². The van der Waals surface area contributed by atoms with Gasteiger partial charge in [0.15, 0.2) is 0 Å². The summed E-state index contributed by atoms with van der Waals surface area (Å²) in [6.45, 7) is 2.86. The number of hydrogen-bond donors (Lipinski definition) is 4. The number of urea groups is 1. The molecule has 1 saturated heterocycles. The fourth-order valence-electron chi connectivity index (χ4n) is 2.00. The van der Waals surface area contributed by atoms with Crippen LogP contribution in [-0.4, -0.2) is 47.8 Å². The molecule has 0 saturated carbocycles. The summed E-state index contributed by atoms with van der Waals surface area (Å²) < 4.78 is 5.50. The van der Waals surface area contributed by atoms with E-state index in [4.69, 9.17) is 15.6 Å². The maximum Gasteiger partial charge on any atom is 0.326 e. The van der Waals surface area contributed by atoms with Gasteiger partial charge in [-0.1, -0.05) is 0 Å². The molecule has 1 heterocycles. The van der Waals surface area contributed by atoms with Gasteiger partial charge in [-0.25, -0.2) is 9.59 Å². The van der Waals surface area contributed by atoms with Crippen molar-refractivity contribution in [2.24, 2.45) is 5.73 Å². The van der Waals surface area contributed by atoms with Gasteiger partial charge in [0, 0.05) is 19.6 Å². The van der Waals surface area contributed by atoms with Crippen LogP contribution in [0.3, 0.4) is 0 Å². The molecule has 1 unspecified atom stereocenters. The first-order valence-electron chi connectivity index (χ1n) is 6.52. The number of carbonyl (C=O) groups excluding carboxylic acids is 2. The van der Waals surface area contributed by atoms with Crippen LogP contribution in [0, 0.1) is 0 Å². The van der Waals surface area contributed by atoms with Gasteiger partial charge in [0.1, 0.15) is 6.04 Å². The molecule has 3 amide bonds. The number of amides is 3. The standard InChI is InChI=1S/C12H21N3O5/c1-12(5-2-6-20-12)7-14-11(19)15-8(10(17)18)3-4-9(13)16/h8H,2-7H2,1H3,(H2,13,16)(H,17,18)(H2,14,15,19)/t8-,12?/m0/s1. The number of hydrogen-bond acceptors (Lipinski definition) is 4. The zero-order valence-corrected chi connectivity index (χ0v) is 11.5. The molecule has 5 N–H and O–H groups in total. The fourth-order valence-corrected chi connectivity index (χ4v) is 2.00. The van der Waals surface area contributed by atoms with E-state index in [1.807, 2.05) is 6.92 Å². The molecule has 0 spiro atoms. The quantitative estimate of drug-likeness (QED) is 0.505. The highest BCUT2D eigenvalue weighted by Crippen LogP contribution is 2.23. The Bertz CT molecular complexity index is 379. The lowest BCUT2D eigenvalue weighted by molar-refractivity contribution is -0.139. The topological polar surface area (TPSA) is 131 Å². The van der Waals surface area contributed by atoms with Gasteiger partial charge in [0.25, 0.3) is 0 Å². The second kappa shape index (κ2) is 7.09. The number of aliphatic carboxylic acids is 1. The van der Waals surface area contributed by atoms with Crippen LogP contribution >= 0.6 is 0 Å². The minimum atomic E-state index is -1.20. The molecule has 0 radical (unpaired) electrons. The third kappa shape index (κ3) is 5.43. The maximum atomic E-state index is 11.6. The van der Waals surface area contributed by atoms with Gasteiger partial charge in [-0.2, -0.15) is 0 Å². The number of primary amides is 1. The molecule has 8 nitrogen and oxygen atoms in total. The SMILES string of the molecule is CC1(CNC(=O)N[C@@H](CCC(N)=O)C(=O)O)CCCO1. The first-order valence-corrected chi connectivity index (χ1v) is 6.52. The number of rotatable bonds is 7. The van der Waals surface area contributed by atoms with E-state index in [1.54, 1.807) is 0 Å². The molecule has 0 aliphatic carbocycles. The van der Waals surface area contributed by atoms with E-state index >= 15 is 0 Å². The van der Waals surface area contributed by atoms with Crippen molar-refractivity contribution in [3.63, 3.8) is 0 Å². The normalized spacial score (nSPS) is 23.1. The molecule has 1 aliphatic rings. The summed E-state index contributed by atoms with van der Waals surface area (Å²) in [5.41, 5.74) is 4.55. The summed E-state index contributed by atoms with van der Waals surface area (Å²) in [6, 6.07) is -1.74. The zero-order valence-electron chi connectivity index (χ0n) is 11.5. The van der Waals surface area contributed by atoms with Gasteiger partial charge in [0.05, 0.1) is 5.60 Å². The van der Waals surface area contributed by atoms with Gasteiger partial charge < -0.3 is 26.2 Å². The third-order valence-electron chi connectivity index (χ3n) is 3.21. The Labute approximate surface area is 117 Å². The van der Waals surface area contributed by atoms with E-state index in [2.05, 4.69) is 10.6 Å². The van der Waals surface area contributed by atoms with Crippen LogP contribution in [0.5, 0.6) is 0 Å². The Morgan fingerprint density at radius 2 is 2.15 bits per heavy atom. The predicted molar refractivity (Wildman–Crippen MR) is 70.0 cm³/mol. The second-order valence-corrected chi connectivity index (χ2v) is 5.12. The molecule has 0 aromatic rings. The van der Waals surface area contributed by atoms with Gasteiger partial charge in [-0.15, -0.1) is 0 Å². The van der Waals surface area contributed by atoms with Gasteiger partial charge >= 0.3 is 12.0 Å². The highest BCUT2D eigenvalue weighted by Gasteiger charge is 2.30. The average Bonchev–Trinajstić information content (AvgIpc) is 2.79. The Balaban J connectivity index is 2.37. The van der Waals surface area contributed by atoms with Crippen molar-refractivity contribution in [2.45, 2.75) is 44.2 Å². The van der Waals surface area contributed by atoms with Crippen LogP contribution < -0.4 is 16.4 Å². The predicted octanol–water partition coefficient (Wildman–Crippen LogP) is -0.427. The van der Waals surface area contributed by atoms with Crippen LogP contribution in [0.4, 0.5) is 4.79 Å². The fraction of sp³-hybridized carbons (Fsp3) is 0.750. The number of carboxylic acids is 1. The third-order valence-corrected chi connectivity index (χ3v) is 3.21. The van der Waals surface area contributed by atoms with Crippen molar-refractivity contribution in [2.75, 3.05) is 13.2 Å². The van der Waals surface area contributed by atoms with Gasteiger partial charge in [0.2, 0.25) is 5.91 Å². The molecule has 0 aromatic carbocycles. The van der Waals surface area contributed by atoms with Gasteiger partial charge in [-0.3, -0.25) is 4.79 Å². The molecule has 1 fully saturated rings. The molecule has 0 aromatic heterocycles. The van der Waals surface area contributed by atoms with Crippen molar-refractivity contribution in [3.8, 4) is 0 Å². The van der Waals surface area contributed by atoms with Crippen molar-refractivity contribution >= 4 is 17.9 Å². The van der Waals surface area contributed by atoms with E-state index in [0.29, 0.717) is 13.2 Å². The zero-order chi connectivity index (χ0) is 15.2. The number of carbonyl (C=O) groups is 3. The minimum absolute atomic E-state index is 0.0359. The average molecular weight is 287 g/mol. The summed E-state index contributed by atoms with van der Waals surface area (Å²) in [5, 5.41) is 13.8. The van der Waals surface area contributed by atoms with Crippen LogP contribution in [0.2, 0.25) is 0 Å². The number of nitrogens with one attached hydrogen (secondary N) is 2. The monoisotopic (exact) mass is 287 g/mol. The van der Waals surface area contributed by atoms with Crippen LogP contribution in [0.25, 0.3) is 0 Å². The highest BCUT2D eigenvalue weighted by atomic mass is 16.5. The molecule has 0 bridgehead atoms. The minimum Gasteiger partial charge on any atom is -0.480 e. The van der Waals surface area contributed by atoms with Crippen LogP contribution in [0.1, 0.15) is 32.6 Å². The van der Waals surface area contributed by atoms with Crippen LogP contribution in [-0.2, 0) is 14.3 Å². The van der Waals surface area contributed by atoms with Gasteiger partial charge in [-0.05, 0) is 26.2 Å². The van der Waals surface area contributed by atoms with E-state index in [-0.39, 0.29) is 12.8 Å². The molecular weight excluding hydrogens is 266 g/mol. The summed E-state index contributed by atoms with van der Waals surface area (Å²) in [5.74, 6) is -1.81. The molecular formula is C12H21N3O5. The summed E-state index contributed by atoms with van der Waals surface area (Å²) in [6.07, 6.45) is 1.65. The molecule has 2 atom stereocenters. The lowest BCUT2D eigenvalue weighted by atomic mass is 10.0. The first-order chi connectivity index (χ1) is 9.32. The summed E-state index contributed by atoms with van der Waals surface area (Å²) in [4.78, 5) is 33.2. The summed E-state index contributed by atoms with van der Waals surface area (Å²) in [7, 11) is 0. The Kier molecular flexibility index (Phi) is 5.75. The Morgan fingerprint density at radius 3 is 2.65 bits per heavy atom. The molecule has 8 heteroatoms. The smallest absolute Gasteiger partial charge is 0.326 e. The highest BCUT2D eigenvalue weighted by molar-refractivity contribution is 5.83. The van der Waals surface area contributed by atoms with Crippen molar-refractivity contribution in [1.29, 1.82) is 0 Å². The van der Waals surface area contributed by atoms with E-state index in [0.717, 1.165) is 12.8 Å². The van der Waals surface area contributed by atoms with Crippen molar-refractivity contribution < 1.29 is 24.2 Å². The maximum absolute atomic E-state index is 11.6.